The van der Waals surface area contributed by atoms with Gasteiger partial charge in [-0.1, -0.05) is 24.6 Å². The molecule has 1 fully saturated rings. The average molecular weight is 477 g/mol. The molecule has 1 aromatic heterocycles. The Kier molecular flexibility index (Phi) is 6.10. The largest absolute Gasteiger partial charge is 0.329 e. The van der Waals surface area contributed by atoms with Gasteiger partial charge < -0.3 is 9.80 Å². The summed E-state index contributed by atoms with van der Waals surface area (Å²) in [5.41, 5.74) is 3.17. The van der Waals surface area contributed by atoms with Gasteiger partial charge >= 0.3 is 0 Å². The number of hydrogen-bond donors (Lipinski definition) is 0. The summed E-state index contributed by atoms with van der Waals surface area (Å²) >= 11 is 0. The molecular formula is C26H28N4O3S. The molecule has 8 heteroatoms. The number of para-hydroxylation sites is 1. The van der Waals surface area contributed by atoms with Crippen LogP contribution < -0.4 is 9.80 Å². The summed E-state index contributed by atoms with van der Waals surface area (Å²) in [7, 11) is -1.56. The summed E-state index contributed by atoms with van der Waals surface area (Å²) in [5, 5.41) is 0. The molecular weight excluding hydrogens is 448 g/mol. The lowest BCUT2D eigenvalue weighted by Crippen LogP contribution is -2.35. The zero-order chi connectivity index (χ0) is 23.7. The Balaban J connectivity index is 1.34. The monoisotopic (exact) mass is 476 g/mol. The number of rotatable bonds is 5. The van der Waals surface area contributed by atoms with Crippen LogP contribution in [0.25, 0.3) is 0 Å². The van der Waals surface area contributed by atoms with Crippen LogP contribution in [0.3, 0.4) is 0 Å². The molecule has 1 amide bonds. The SMILES string of the molecule is CN(c1ccccc1)c1ccc(C(=O)N2CCc3cc(S(=O)(=O)N4CCCCC4)ccc32)cn1. The third kappa shape index (κ3) is 4.19. The van der Waals surface area contributed by atoms with Crippen LogP contribution in [0, 0.1) is 0 Å². The lowest BCUT2D eigenvalue weighted by atomic mass is 10.1. The third-order valence-electron chi connectivity index (χ3n) is 6.63. The van der Waals surface area contributed by atoms with Crippen molar-refractivity contribution in [3.05, 3.63) is 78.0 Å². The first kappa shape index (κ1) is 22.6. The van der Waals surface area contributed by atoms with Crippen LogP contribution in [0.5, 0.6) is 0 Å². The summed E-state index contributed by atoms with van der Waals surface area (Å²) in [6.45, 7) is 1.67. The maximum absolute atomic E-state index is 13.2. The van der Waals surface area contributed by atoms with Gasteiger partial charge in [0.1, 0.15) is 5.82 Å². The molecule has 5 rings (SSSR count). The topological polar surface area (TPSA) is 73.8 Å². The fourth-order valence-corrected chi connectivity index (χ4v) is 6.22. The van der Waals surface area contributed by atoms with E-state index in [4.69, 9.17) is 0 Å². The van der Waals surface area contributed by atoms with Crippen LogP contribution in [0.2, 0.25) is 0 Å². The van der Waals surface area contributed by atoms with Crippen LogP contribution in [0.1, 0.15) is 35.2 Å². The van der Waals surface area contributed by atoms with Gasteiger partial charge in [-0.15, -0.1) is 0 Å². The van der Waals surface area contributed by atoms with E-state index in [1.54, 1.807) is 39.7 Å². The molecule has 0 unspecified atom stereocenters. The molecule has 1 saturated heterocycles. The van der Waals surface area contributed by atoms with Gasteiger partial charge in [0.05, 0.1) is 10.5 Å². The molecule has 0 saturated carbocycles. The number of aromatic nitrogens is 1. The van der Waals surface area contributed by atoms with Crippen molar-refractivity contribution in [2.45, 2.75) is 30.6 Å². The van der Waals surface area contributed by atoms with Gasteiger partial charge in [-0.05, 0) is 67.3 Å². The first-order valence-electron chi connectivity index (χ1n) is 11.6. The average Bonchev–Trinajstić information content (AvgIpc) is 3.32. The van der Waals surface area contributed by atoms with E-state index in [0.29, 0.717) is 36.5 Å². The summed E-state index contributed by atoms with van der Waals surface area (Å²) in [6, 6.07) is 18.7. The first-order valence-corrected chi connectivity index (χ1v) is 13.1. The van der Waals surface area contributed by atoms with Crippen LogP contribution in [-0.2, 0) is 16.4 Å². The minimum absolute atomic E-state index is 0.133. The molecule has 0 aliphatic carbocycles. The first-order chi connectivity index (χ1) is 16.4. The van der Waals surface area contributed by atoms with E-state index in [1.807, 2.05) is 48.3 Å². The van der Waals surface area contributed by atoms with Crippen molar-refractivity contribution in [2.24, 2.45) is 0 Å². The molecule has 176 valence electrons. The minimum Gasteiger partial charge on any atom is -0.329 e. The van der Waals surface area contributed by atoms with Crippen LogP contribution >= 0.6 is 0 Å². The lowest BCUT2D eigenvalue weighted by molar-refractivity contribution is 0.0989. The van der Waals surface area contributed by atoms with Crippen LogP contribution in [-0.4, -0.2) is 50.3 Å². The Morgan fingerprint density at radius 2 is 1.71 bits per heavy atom. The van der Waals surface area contributed by atoms with E-state index in [-0.39, 0.29) is 5.91 Å². The van der Waals surface area contributed by atoms with Crippen LogP contribution in [0.4, 0.5) is 17.2 Å². The smallest absolute Gasteiger partial charge is 0.259 e. The van der Waals surface area contributed by atoms with Crippen molar-refractivity contribution in [2.75, 3.05) is 36.5 Å². The van der Waals surface area contributed by atoms with Gasteiger partial charge in [-0.3, -0.25) is 4.79 Å². The van der Waals surface area contributed by atoms with E-state index in [1.165, 1.54) is 0 Å². The van der Waals surface area contributed by atoms with Gasteiger partial charge in [0.15, 0.2) is 0 Å². The van der Waals surface area contributed by atoms with E-state index in [0.717, 1.165) is 42.0 Å². The molecule has 2 aliphatic rings. The molecule has 0 N–H and O–H groups in total. The Morgan fingerprint density at radius 3 is 2.41 bits per heavy atom. The summed E-state index contributed by atoms with van der Waals surface area (Å²) in [4.78, 5) is 21.7. The van der Waals surface area contributed by atoms with Crippen molar-refractivity contribution in [1.29, 1.82) is 0 Å². The molecule has 0 spiro atoms. The number of fused-ring (bicyclic) bond motifs is 1. The zero-order valence-electron chi connectivity index (χ0n) is 19.2. The Labute approximate surface area is 200 Å². The molecule has 2 aromatic carbocycles. The van der Waals surface area contributed by atoms with Crippen LogP contribution in [0.15, 0.2) is 71.8 Å². The number of benzene rings is 2. The highest BCUT2D eigenvalue weighted by molar-refractivity contribution is 7.89. The number of amides is 1. The van der Waals surface area contributed by atoms with Crippen molar-refractivity contribution < 1.29 is 13.2 Å². The summed E-state index contributed by atoms with van der Waals surface area (Å²) < 4.78 is 27.7. The van der Waals surface area contributed by atoms with Gasteiger partial charge in [0.25, 0.3) is 5.91 Å². The highest BCUT2D eigenvalue weighted by atomic mass is 32.2. The Bertz CT molecular complexity index is 1290. The number of hydrogen-bond acceptors (Lipinski definition) is 5. The normalized spacial score (nSPS) is 16.3. The summed E-state index contributed by atoms with van der Waals surface area (Å²) in [6.07, 6.45) is 5.11. The molecule has 2 aliphatic heterocycles. The predicted molar refractivity (Wildman–Crippen MR) is 133 cm³/mol. The van der Waals surface area contributed by atoms with Gasteiger partial charge in [0, 0.05) is 44.3 Å². The number of anilines is 3. The third-order valence-corrected chi connectivity index (χ3v) is 8.52. The molecule has 7 nitrogen and oxygen atoms in total. The maximum Gasteiger partial charge on any atom is 0.259 e. The predicted octanol–water partition coefficient (Wildman–Crippen LogP) is 4.23. The number of pyridine rings is 1. The molecule has 3 heterocycles. The highest BCUT2D eigenvalue weighted by Gasteiger charge is 2.30. The maximum atomic E-state index is 13.2. The quantitative estimate of drug-likeness (QED) is 0.551. The van der Waals surface area contributed by atoms with Gasteiger partial charge in [-0.2, -0.15) is 4.31 Å². The molecule has 34 heavy (non-hydrogen) atoms. The van der Waals surface area contributed by atoms with Crippen molar-refractivity contribution in [3.63, 3.8) is 0 Å². The Morgan fingerprint density at radius 1 is 0.941 bits per heavy atom. The minimum atomic E-state index is -3.49. The van der Waals surface area contributed by atoms with Gasteiger partial charge in [-0.25, -0.2) is 13.4 Å². The zero-order valence-corrected chi connectivity index (χ0v) is 20.0. The molecule has 0 bridgehead atoms. The number of nitrogens with zero attached hydrogens (tertiary/aromatic N) is 4. The van der Waals surface area contributed by atoms with E-state index in [9.17, 15) is 13.2 Å². The number of carbonyl (C=O) groups is 1. The van der Waals surface area contributed by atoms with E-state index >= 15 is 0 Å². The standard InChI is InChI=1S/C26H28N4O3S/c1-28(22-8-4-2-5-9-22)25-13-10-21(19-27-25)26(31)30-17-14-20-18-23(11-12-24(20)30)34(32,33)29-15-6-3-7-16-29/h2,4-5,8-13,18-19H,3,6-7,14-17H2,1H3. The fraction of sp³-hybridized carbons (Fsp3) is 0.308. The van der Waals surface area contributed by atoms with E-state index < -0.39 is 10.0 Å². The molecule has 0 atom stereocenters. The number of sulfonamides is 1. The number of carbonyl (C=O) groups excluding carboxylic acids is 1. The second-order valence-electron chi connectivity index (χ2n) is 8.76. The number of piperidine rings is 1. The summed E-state index contributed by atoms with van der Waals surface area (Å²) in [5.74, 6) is 0.615. The molecule has 3 aromatic rings. The van der Waals surface area contributed by atoms with E-state index in [2.05, 4.69) is 4.98 Å². The lowest BCUT2D eigenvalue weighted by Gasteiger charge is -2.26. The Hall–Kier alpha value is -3.23. The van der Waals surface area contributed by atoms with Crippen molar-refractivity contribution in [3.8, 4) is 0 Å². The van der Waals surface area contributed by atoms with Gasteiger partial charge in [0.2, 0.25) is 10.0 Å². The second-order valence-corrected chi connectivity index (χ2v) is 10.7. The highest BCUT2D eigenvalue weighted by Crippen LogP contribution is 2.33. The van der Waals surface area contributed by atoms with Crippen molar-refractivity contribution >= 4 is 33.1 Å². The molecule has 0 radical (unpaired) electrons. The van der Waals surface area contributed by atoms with Crippen molar-refractivity contribution in [1.82, 2.24) is 9.29 Å². The fourth-order valence-electron chi connectivity index (χ4n) is 4.65. The second kappa shape index (κ2) is 9.19.